The number of fused-ring (bicyclic) bond motifs is 1. The lowest BCUT2D eigenvalue weighted by Gasteiger charge is -2.16. The molecule has 1 heterocycles. The molecule has 6 nitrogen and oxygen atoms in total. The summed E-state index contributed by atoms with van der Waals surface area (Å²) in [5.41, 5.74) is 1.39. The average molecular weight is 354 g/mol. The normalized spacial score (nSPS) is 11.8. The fourth-order valence-corrected chi connectivity index (χ4v) is 2.86. The van der Waals surface area contributed by atoms with E-state index in [1.54, 1.807) is 25.3 Å². The summed E-state index contributed by atoms with van der Waals surface area (Å²) in [7, 11) is 3.09. The monoisotopic (exact) mass is 354 g/mol. The molecule has 0 aliphatic rings. The van der Waals surface area contributed by atoms with Crippen molar-refractivity contribution in [1.29, 1.82) is 0 Å². The number of anilines is 1. The van der Waals surface area contributed by atoms with Crippen LogP contribution < -0.4 is 20.1 Å². The number of ether oxygens (including phenoxy) is 2. The van der Waals surface area contributed by atoms with Crippen molar-refractivity contribution in [3.8, 4) is 11.5 Å². The molecule has 1 atom stereocenters. The van der Waals surface area contributed by atoms with Crippen LogP contribution in [0, 0.1) is 0 Å². The number of amides is 2. The highest BCUT2D eigenvalue weighted by Crippen LogP contribution is 2.34. The number of carbonyl (C=O) groups excluding carboxylic acids is 1. The summed E-state index contributed by atoms with van der Waals surface area (Å²) in [6.07, 6.45) is 0.595. The average Bonchev–Trinajstić information content (AvgIpc) is 3.03. The molecule has 0 spiro atoms. The van der Waals surface area contributed by atoms with Crippen LogP contribution in [0.3, 0.4) is 0 Å². The van der Waals surface area contributed by atoms with Crippen LogP contribution in [0.25, 0.3) is 11.0 Å². The maximum atomic E-state index is 12.3. The van der Waals surface area contributed by atoms with E-state index in [-0.39, 0.29) is 12.1 Å². The van der Waals surface area contributed by atoms with Gasteiger partial charge in [-0.05, 0) is 31.2 Å². The second-order valence-corrected chi connectivity index (χ2v) is 6.00. The van der Waals surface area contributed by atoms with Gasteiger partial charge in [-0.15, -0.1) is 0 Å². The molecular weight excluding hydrogens is 332 g/mol. The number of furan rings is 1. The summed E-state index contributed by atoms with van der Waals surface area (Å²) in [5.74, 6) is 1.87. The second kappa shape index (κ2) is 7.82. The van der Waals surface area contributed by atoms with Gasteiger partial charge in [0, 0.05) is 17.8 Å². The molecule has 0 aliphatic carbocycles. The van der Waals surface area contributed by atoms with E-state index in [9.17, 15) is 4.79 Å². The number of urea groups is 1. The van der Waals surface area contributed by atoms with Crippen LogP contribution in [0.2, 0.25) is 0 Å². The summed E-state index contributed by atoms with van der Waals surface area (Å²) in [6, 6.07) is 14.7. The Balaban J connectivity index is 1.62. The van der Waals surface area contributed by atoms with E-state index >= 15 is 0 Å². The van der Waals surface area contributed by atoms with Crippen molar-refractivity contribution in [2.45, 2.75) is 19.4 Å². The van der Waals surface area contributed by atoms with Gasteiger partial charge in [0.1, 0.15) is 11.3 Å². The third-order valence-electron chi connectivity index (χ3n) is 4.01. The second-order valence-electron chi connectivity index (χ2n) is 6.00. The highest BCUT2D eigenvalue weighted by molar-refractivity contribution is 5.91. The lowest BCUT2D eigenvalue weighted by Crippen LogP contribution is -2.37. The zero-order valence-electron chi connectivity index (χ0n) is 15.0. The lowest BCUT2D eigenvalue weighted by atomic mass is 10.2. The Kier molecular flexibility index (Phi) is 5.31. The fourth-order valence-electron chi connectivity index (χ4n) is 2.86. The van der Waals surface area contributed by atoms with Gasteiger partial charge >= 0.3 is 6.03 Å². The number of methoxy groups -OCH3 is 2. The van der Waals surface area contributed by atoms with E-state index in [1.807, 2.05) is 37.3 Å². The third kappa shape index (κ3) is 3.91. The van der Waals surface area contributed by atoms with Gasteiger partial charge in [-0.3, -0.25) is 0 Å². The summed E-state index contributed by atoms with van der Waals surface area (Å²) in [6.45, 7) is 1.93. The van der Waals surface area contributed by atoms with Crippen LogP contribution in [0.5, 0.6) is 11.5 Å². The van der Waals surface area contributed by atoms with E-state index in [1.165, 1.54) is 7.11 Å². The Morgan fingerprint density at radius 3 is 2.65 bits per heavy atom. The number of carbonyl (C=O) groups is 1. The maximum Gasteiger partial charge on any atom is 0.319 e. The molecule has 26 heavy (non-hydrogen) atoms. The molecule has 3 rings (SSSR count). The Hall–Kier alpha value is -3.15. The predicted octanol–water partition coefficient (Wildman–Crippen LogP) is 4.20. The number of hydrogen-bond donors (Lipinski definition) is 2. The van der Waals surface area contributed by atoms with Crippen LogP contribution in [0.1, 0.15) is 12.7 Å². The van der Waals surface area contributed by atoms with Gasteiger partial charge < -0.3 is 24.5 Å². The smallest absolute Gasteiger partial charge is 0.319 e. The first kappa shape index (κ1) is 17.7. The molecule has 6 heteroatoms. The third-order valence-corrected chi connectivity index (χ3v) is 4.01. The lowest BCUT2D eigenvalue weighted by molar-refractivity contribution is 0.248. The van der Waals surface area contributed by atoms with Gasteiger partial charge in [0.15, 0.2) is 11.5 Å². The molecule has 0 radical (unpaired) electrons. The molecule has 0 saturated carbocycles. The molecule has 136 valence electrons. The zero-order valence-corrected chi connectivity index (χ0v) is 15.0. The minimum atomic E-state index is -0.319. The van der Waals surface area contributed by atoms with Crippen LogP contribution >= 0.6 is 0 Å². The molecular formula is C20H22N2O4. The highest BCUT2D eigenvalue weighted by atomic mass is 16.5. The molecule has 0 aliphatic heterocycles. The summed E-state index contributed by atoms with van der Waals surface area (Å²) >= 11 is 0. The van der Waals surface area contributed by atoms with E-state index in [2.05, 4.69) is 10.6 Å². The number of para-hydroxylation sites is 2. The molecule has 3 aromatic rings. The predicted molar refractivity (Wildman–Crippen MR) is 101 cm³/mol. The topological polar surface area (TPSA) is 72.7 Å². The van der Waals surface area contributed by atoms with Gasteiger partial charge in [-0.25, -0.2) is 4.79 Å². The van der Waals surface area contributed by atoms with Crippen LogP contribution in [0.4, 0.5) is 10.5 Å². The molecule has 1 unspecified atom stereocenters. The molecule has 0 fully saturated rings. The Morgan fingerprint density at radius 2 is 1.92 bits per heavy atom. The maximum absolute atomic E-state index is 12.3. The Morgan fingerprint density at radius 1 is 1.12 bits per heavy atom. The Bertz CT molecular complexity index is 871. The summed E-state index contributed by atoms with van der Waals surface area (Å²) in [4.78, 5) is 12.3. The van der Waals surface area contributed by atoms with Crippen molar-refractivity contribution in [2.24, 2.45) is 0 Å². The molecule has 1 aromatic heterocycles. The van der Waals surface area contributed by atoms with E-state index in [0.29, 0.717) is 23.6 Å². The summed E-state index contributed by atoms with van der Waals surface area (Å²) < 4.78 is 16.4. The molecule has 0 saturated heterocycles. The van der Waals surface area contributed by atoms with Gasteiger partial charge in [-0.1, -0.05) is 24.3 Å². The number of nitrogens with one attached hydrogen (secondary N) is 2. The molecule has 2 amide bonds. The van der Waals surface area contributed by atoms with Gasteiger partial charge in [0.2, 0.25) is 0 Å². The van der Waals surface area contributed by atoms with Crippen molar-refractivity contribution in [1.82, 2.24) is 5.32 Å². The van der Waals surface area contributed by atoms with E-state index < -0.39 is 0 Å². The SMILES string of the molecule is COc1cccc(NC(=O)NC(C)Cc2cc3ccccc3o2)c1OC. The van der Waals surface area contributed by atoms with Crippen LogP contribution in [-0.2, 0) is 6.42 Å². The van der Waals surface area contributed by atoms with Crippen LogP contribution in [-0.4, -0.2) is 26.3 Å². The molecule has 0 bridgehead atoms. The number of rotatable bonds is 6. The highest BCUT2D eigenvalue weighted by Gasteiger charge is 2.15. The largest absolute Gasteiger partial charge is 0.493 e. The fraction of sp³-hybridized carbons (Fsp3) is 0.250. The molecule has 2 aromatic carbocycles. The first-order valence-electron chi connectivity index (χ1n) is 8.36. The van der Waals surface area contributed by atoms with E-state index in [0.717, 1.165) is 16.7 Å². The van der Waals surface area contributed by atoms with Gasteiger partial charge in [0.25, 0.3) is 0 Å². The minimum Gasteiger partial charge on any atom is -0.493 e. The first-order valence-corrected chi connectivity index (χ1v) is 8.36. The quantitative estimate of drug-likeness (QED) is 0.696. The number of benzene rings is 2. The van der Waals surface area contributed by atoms with Crippen molar-refractivity contribution < 1.29 is 18.7 Å². The molecule has 2 N–H and O–H groups in total. The van der Waals surface area contributed by atoms with Crippen molar-refractivity contribution >= 4 is 22.7 Å². The van der Waals surface area contributed by atoms with E-state index in [4.69, 9.17) is 13.9 Å². The van der Waals surface area contributed by atoms with Crippen molar-refractivity contribution in [3.63, 3.8) is 0 Å². The van der Waals surface area contributed by atoms with Crippen LogP contribution in [0.15, 0.2) is 52.9 Å². The van der Waals surface area contributed by atoms with Crippen molar-refractivity contribution in [3.05, 3.63) is 54.3 Å². The van der Waals surface area contributed by atoms with Gasteiger partial charge in [0.05, 0.1) is 19.9 Å². The zero-order chi connectivity index (χ0) is 18.5. The Labute approximate surface area is 152 Å². The standard InChI is InChI=1S/C20H22N2O4/c1-13(11-15-12-14-7-4-5-9-17(14)26-15)21-20(23)22-16-8-6-10-18(24-2)19(16)25-3/h4-10,12-13H,11H2,1-3H3,(H2,21,22,23). The van der Waals surface area contributed by atoms with Crippen molar-refractivity contribution in [2.75, 3.05) is 19.5 Å². The van der Waals surface area contributed by atoms with Gasteiger partial charge in [-0.2, -0.15) is 0 Å². The first-order chi connectivity index (χ1) is 12.6. The number of hydrogen-bond acceptors (Lipinski definition) is 4. The minimum absolute atomic E-state index is 0.104. The summed E-state index contributed by atoms with van der Waals surface area (Å²) in [5, 5.41) is 6.75.